The van der Waals surface area contributed by atoms with Crippen molar-refractivity contribution in [3.63, 3.8) is 0 Å². The maximum Gasteiger partial charge on any atom is 0.328 e. The molecule has 1 aromatic heterocycles. The van der Waals surface area contributed by atoms with E-state index in [1.807, 2.05) is 18.7 Å². The van der Waals surface area contributed by atoms with Crippen molar-refractivity contribution in [1.82, 2.24) is 14.5 Å². The van der Waals surface area contributed by atoms with Crippen LogP contribution < -0.4 is 5.56 Å². The molecule has 7 heteroatoms. The largest absolute Gasteiger partial charge is 0.467 e. The minimum atomic E-state index is -1.10. The Kier molecular flexibility index (Phi) is 5.98. The molecule has 0 aromatic carbocycles. The molecule has 25 heavy (non-hydrogen) atoms. The SMILES string of the molecule is COC(=O)C(CC(C)C)n1cc(CCN2CC(C)(F)C2)nc(C)c1=O. The molecular formula is C18H28FN3O3. The predicted molar refractivity (Wildman–Crippen MR) is 93.4 cm³/mol. The lowest BCUT2D eigenvalue weighted by molar-refractivity contribution is -0.145. The molecule has 140 valence electrons. The molecule has 2 heterocycles. The summed E-state index contributed by atoms with van der Waals surface area (Å²) in [6.45, 7) is 8.75. The van der Waals surface area contributed by atoms with Crippen LogP contribution in [0.2, 0.25) is 0 Å². The summed E-state index contributed by atoms with van der Waals surface area (Å²) in [4.78, 5) is 31.0. The second-order valence-electron chi connectivity index (χ2n) is 7.57. The summed E-state index contributed by atoms with van der Waals surface area (Å²) in [7, 11) is 1.33. The Morgan fingerprint density at radius 1 is 1.44 bits per heavy atom. The van der Waals surface area contributed by atoms with E-state index >= 15 is 0 Å². The number of likely N-dealkylation sites (tertiary alicyclic amines) is 1. The highest BCUT2D eigenvalue weighted by Gasteiger charge is 2.38. The first-order chi connectivity index (χ1) is 11.6. The van der Waals surface area contributed by atoms with Crippen molar-refractivity contribution in [2.75, 3.05) is 26.7 Å². The third-order valence-corrected chi connectivity index (χ3v) is 4.44. The van der Waals surface area contributed by atoms with E-state index in [0.717, 1.165) is 5.69 Å². The van der Waals surface area contributed by atoms with Gasteiger partial charge in [0.2, 0.25) is 0 Å². The number of esters is 1. The highest BCUT2D eigenvalue weighted by Crippen LogP contribution is 2.24. The molecule has 0 aliphatic carbocycles. The van der Waals surface area contributed by atoms with Gasteiger partial charge in [-0.1, -0.05) is 13.8 Å². The zero-order chi connectivity index (χ0) is 18.8. The Labute approximate surface area is 148 Å². The normalized spacial score (nSPS) is 18.0. The molecule has 2 rings (SSSR count). The van der Waals surface area contributed by atoms with Gasteiger partial charge >= 0.3 is 5.97 Å². The number of carbonyl (C=O) groups excluding carboxylic acids is 1. The fourth-order valence-electron chi connectivity index (χ4n) is 3.27. The number of aromatic nitrogens is 2. The van der Waals surface area contributed by atoms with Gasteiger partial charge in [-0.3, -0.25) is 19.2 Å². The topological polar surface area (TPSA) is 64.4 Å². The third kappa shape index (κ3) is 4.87. The molecule has 0 spiro atoms. The number of rotatable bonds is 7. The molecule has 0 radical (unpaired) electrons. The van der Waals surface area contributed by atoms with Crippen molar-refractivity contribution in [3.05, 3.63) is 27.9 Å². The van der Waals surface area contributed by atoms with E-state index < -0.39 is 17.7 Å². The van der Waals surface area contributed by atoms with Crippen LogP contribution in [0.5, 0.6) is 0 Å². The van der Waals surface area contributed by atoms with Crippen LogP contribution in [-0.4, -0.2) is 52.8 Å². The first-order valence-electron chi connectivity index (χ1n) is 8.70. The predicted octanol–water partition coefficient (Wildman–Crippen LogP) is 1.90. The molecule has 6 nitrogen and oxygen atoms in total. The zero-order valence-corrected chi connectivity index (χ0v) is 15.7. The van der Waals surface area contributed by atoms with Gasteiger partial charge in [0.1, 0.15) is 17.4 Å². The fraction of sp³-hybridized carbons (Fsp3) is 0.722. The molecule has 1 atom stereocenters. The number of methoxy groups -OCH3 is 1. The molecule has 0 N–H and O–H groups in total. The van der Waals surface area contributed by atoms with E-state index in [4.69, 9.17) is 4.74 Å². The van der Waals surface area contributed by atoms with Crippen LogP contribution in [0.15, 0.2) is 11.0 Å². The number of ether oxygens (including phenoxy) is 1. The van der Waals surface area contributed by atoms with E-state index in [1.54, 1.807) is 20.0 Å². The van der Waals surface area contributed by atoms with Gasteiger partial charge in [-0.2, -0.15) is 0 Å². The third-order valence-electron chi connectivity index (χ3n) is 4.44. The Hall–Kier alpha value is -1.76. The van der Waals surface area contributed by atoms with E-state index in [9.17, 15) is 14.0 Å². The summed E-state index contributed by atoms with van der Waals surface area (Å²) in [5, 5.41) is 0. The molecule has 1 unspecified atom stereocenters. The molecule has 0 saturated carbocycles. The van der Waals surface area contributed by atoms with Gasteiger partial charge in [-0.15, -0.1) is 0 Å². The number of hydrogen-bond acceptors (Lipinski definition) is 5. The van der Waals surface area contributed by atoms with Gasteiger partial charge in [0.25, 0.3) is 5.56 Å². The quantitative estimate of drug-likeness (QED) is 0.701. The van der Waals surface area contributed by atoms with E-state index in [1.165, 1.54) is 11.7 Å². The first kappa shape index (κ1) is 19.6. The summed E-state index contributed by atoms with van der Waals surface area (Å²) >= 11 is 0. The summed E-state index contributed by atoms with van der Waals surface area (Å²) in [6.07, 6.45) is 2.77. The number of alkyl halides is 1. The number of hydrogen-bond donors (Lipinski definition) is 0. The lowest BCUT2D eigenvalue weighted by Crippen LogP contribution is -2.57. The smallest absolute Gasteiger partial charge is 0.328 e. The minimum Gasteiger partial charge on any atom is -0.467 e. The fourth-order valence-corrected chi connectivity index (χ4v) is 3.27. The van der Waals surface area contributed by atoms with Crippen LogP contribution in [-0.2, 0) is 16.0 Å². The van der Waals surface area contributed by atoms with Crippen molar-refractivity contribution < 1.29 is 13.9 Å². The van der Waals surface area contributed by atoms with E-state index in [2.05, 4.69) is 4.98 Å². The Morgan fingerprint density at radius 3 is 2.60 bits per heavy atom. The van der Waals surface area contributed by atoms with Crippen molar-refractivity contribution >= 4 is 5.97 Å². The lowest BCUT2D eigenvalue weighted by Gasteiger charge is -2.42. The Balaban J connectivity index is 2.20. The highest BCUT2D eigenvalue weighted by molar-refractivity contribution is 5.74. The maximum absolute atomic E-state index is 13.6. The van der Waals surface area contributed by atoms with Crippen molar-refractivity contribution in [1.29, 1.82) is 0 Å². The summed E-state index contributed by atoms with van der Waals surface area (Å²) in [6, 6.07) is -0.656. The average Bonchev–Trinajstić information content (AvgIpc) is 2.50. The summed E-state index contributed by atoms with van der Waals surface area (Å²) in [5.41, 5.74) is -0.300. The summed E-state index contributed by atoms with van der Waals surface area (Å²) in [5.74, 6) is -0.195. The molecular weight excluding hydrogens is 325 g/mol. The monoisotopic (exact) mass is 353 g/mol. The van der Waals surface area contributed by atoms with Crippen LogP contribution >= 0.6 is 0 Å². The average molecular weight is 353 g/mol. The maximum atomic E-state index is 13.6. The van der Waals surface area contributed by atoms with Crippen LogP contribution in [0.3, 0.4) is 0 Å². The van der Waals surface area contributed by atoms with Gasteiger partial charge in [0.05, 0.1) is 12.8 Å². The number of halogens is 1. The van der Waals surface area contributed by atoms with Gasteiger partial charge in [0.15, 0.2) is 0 Å². The Morgan fingerprint density at radius 2 is 2.08 bits per heavy atom. The molecule has 1 saturated heterocycles. The van der Waals surface area contributed by atoms with Crippen LogP contribution in [0, 0.1) is 12.8 Å². The Bertz CT molecular complexity index is 677. The van der Waals surface area contributed by atoms with E-state index in [-0.39, 0.29) is 11.5 Å². The molecule has 1 aromatic rings. The first-order valence-corrected chi connectivity index (χ1v) is 8.70. The van der Waals surface area contributed by atoms with Gasteiger partial charge in [-0.25, -0.2) is 9.18 Å². The molecule has 0 bridgehead atoms. The zero-order valence-electron chi connectivity index (χ0n) is 15.7. The van der Waals surface area contributed by atoms with Crippen LogP contribution in [0.1, 0.15) is 44.6 Å². The molecule has 1 aliphatic heterocycles. The summed E-state index contributed by atoms with van der Waals surface area (Å²) < 4.78 is 19.9. The second-order valence-corrected chi connectivity index (χ2v) is 7.57. The van der Waals surface area contributed by atoms with Gasteiger partial charge in [-0.05, 0) is 26.2 Å². The van der Waals surface area contributed by atoms with E-state index in [0.29, 0.717) is 38.2 Å². The lowest BCUT2D eigenvalue weighted by atomic mass is 9.99. The highest BCUT2D eigenvalue weighted by atomic mass is 19.1. The van der Waals surface area contributed by atoms with Gasteiger partial charge < -0.3 is 4.74 Å². The van der Waals surface area contributed by atoms with Crippen LogP contribution in [0.4, 0.5) is 4.39 Å². The van der Waals surface area contributed by atoms with Gasteiger partial charge in [0, 0.05) is 32.3 Å². The minimum absolute atomic E-state index is 0.233. The van der Waals surface area contributed by atoms with Crippen molar-refractivity contribution in [2.45, 2.75) is 52.2 Å². The number of nitrogens with zero attached hydrogens (tertiary/aromatic N) is 3. The van der Waals surface area contributed by atoms with Crippen molar-refractivity contribution in [3.8, 4) is 0 Å². The molecule has 1 fully saturated rings. The molecule has 1 aliphatic rings. The van der Waals surface area contributed by atoms with Crippen LogP contribution in [0.25, 0.3) is 0 Å². The second kappa shape index (κ2) is 7.64. The number of carbonyl (C=O) groups is 1. The van der Waals surface area contributed by atoms with Crippen molar-refractivity contribution in [2.24, 2.45) is 5.92 Å². The molecule has 0 amide bonds. The number of aryl methyl sites for hydroxylation is 1. The standard InChI is InChI=1S/C18H28FN3O3/c1-12(2)8-15(17(24)25-5)22-9-14(20-13(3)16(22)23)6-7-21-10-18(4,19)11-21/h9,12,15H,6-8,10-11H2,1-5H3.